The molecule has 64 heavy (non-hydrogen) atoms. The number of hydrogen-bond donors (Lipinski definition) is 4. The Hall–Kier alpha value is -6.45. The normalized spacial score (nSPS) is 20.6. The molecule has 3 aliphatic heterocycles. The molecule has 3 saturated heterocycles. The number of aromatic nitrogens is 2. The summed E-state index contributed by atoms with van der Waals surface area (Å²) in [6, 6.07) is 20.1. The molecule has 6 atom stereocenters. The van der Waals surface area contributed by atoms with Gasteiger partial charge in [-0.25, -0.2) is 19.0 Å². The Morgan fingerprint density at radius 1 is 0.688 bits per heavy atom. The molecule has 4 heterocycles. The Balaban J connectivity index is 1.05. The Bertz CT molecular complexity index is 2280. The summed E-state index contributed by atoms with van der Waals surface area (Å²) in [6.07, 6.45) is 4.87. The summed E-state index contributed by atoms with van der Waals surface area (Å²) in [4.78, 5) is 78.7. The van der Waals surface area contributed by atoms with Crippen LogP contribution in [0.15, 0.2) is 79.0 Å². The van der Waals surface area contributed by atoms with Gasteiger partial charge in [-0.15, -0.1) is 0 Å². The van der Waals surface area contributed by atoms with E-state index >= 15 is 0 Å². The average molecular weight is 879 g/mol. The van der Waals surface area contributed by atoms with Crippen LogP contribution in [-0.4, -0.2) is 95.1 Å². The number of methoxy groups -OCH3 is 2. The third-order valence-electron chi connectivity index (χ3n) is 12.7. The molecule has 5 amide bonds. The first-order valence-electron chi connectivity index (χ1n) is 22.2. The Kier molecular flexibility index (Phi) is 14.2. The molecule has 1 aromatic heterocycles. The number of nitrogens with zero attached hydrogens (tertiary/aromatic N) is 4. The van der Waals surface area contributed by atoms with Crippen molar-refractivity contribution >= 4 is 41.3 Å². The van der Waals surface area contributed by atoms with Gasteiger partial charge >= 0.3 is 12.2 Å². The van der Waals surface area contributed by atoms with Crippen LogP contribution in [0.3, 0.4) is 0 Å². The lowest BCUT2D eigenvalue weighted by Crippen LogP contribution is -2.54. The van der Waals surface area contributed by atoms with E-state index in [1.54, 1.807) is 28.1 Å². The average Bonchev–Trinajstić information content (AvgIpc) is 4.14. The van der Waals surface area contributed by atoms with Crippen molar-refractivity contribution in [2.24, 2.45) is 11.8 Å². The van der Waals surface area contributed by atoms with E-state index in [9.17, 15) is 28.4 Å². The van der Waals surface area contributed by atoms with Gasteiger partial charge in [0.1, 0.15) is 29.8 Å². The zero-order valence-corrected chi connectivity index (χ0v) is 37.3. The number of ether oxygens (including phenoxy) is 2. The first kappa shape index (κ1) is 45.6. The SMILES string of the molecule is COC(=O)N[C@H](C(=O)N1CCC[C@H]1C(=O)Nc1ccc(C2CC[C@H](c3ccc(-c4cnc([C@@H]5CCCN5C(=O)[C@@H](NC(=O)OC)C(C)C)[nH]4)cc3)N2c2ccc(F)cc2)cc1)C(C)C. The molecular weight excluding hydrogens is 820 g/mol. The number of amides is 5. The minimum absolute atomic E-state index is 0.0130. The number of aromatic amines is 1. The van der Waals surface area contributed by atoms with Gasteiger partial charge in [-0.05, 0) is 103 Å². The van der Waals surface area contributed by atoms with Crippen LogP contribution in [-0.2, 0) is 23.9 Å². The Labute approximate surface area is 373 Å². The molecule has 15 nitrogen and oxygen atoms in total. The summed E-state index contributed by atoms with van der Waals surface area (Å²) in [7, 11) is 2.52. The fraction of sp³-hybridized carbons (Fsp3) is 0.458. The van der Waals surface area contributed by atoms with Crippen molar-refractivity contribution in [1.29, 1.82) is 0 Å². The van der Waals surface area contributed by atoms with Crippen molar-refractivity contribution in [2.75, 3.05) is 37.5 Å². The lowest BCUT2D eigenvalue weighted by molar-refractivity contribution is -0.139. The number of imidazole rings is 1. The molecule has 3 fully saturated rings. The summed E-state index contributed by atoms with van der Waals surface area (Å²) in [6.45, 7) is 8.42. The Morgan fingerprint density at radius 3 is 1.78 bits per heavy atom. The number of nitrogens with one attached hydrogen (secondary N) is 4. The van der Waals surface area contributed by atoms with Gasteiger partial charge in [0.15, 0.2) is 0 Å². The van der Waals surface area contributed by atoms with E-state index in [1.165, 1.54) is 26.4 Å². The highest BCUT2D eigenvalue weighted by molar-refractivity contribution is 5.98. The Morgan fingerprint density at radius 2 is 1.22 bits per heavy atom. The largest absolute Gasteiger partial charge is 0.453 e. The van der Waals surface area contributed by atoms with Crippen molar-refractivity contribution in [2.45, 2.75) is 102 Å². The number of carbonyl (C=O) groups excluding carboxylic acids is 5. The van der Waals surface area contributed by atoms with Crippen LogP contribution in [0.25, 0.3) is 11.3 Å². The predicted octanol–water partition coefficient (Wildman–Crippen LogP) is 7.65. The third kappa shape index (κ3) is 9.85. The molecule has 0 spiro atoms. The van der Waals surface area contributed by atoms with E-state index < -0.39 is 30.3 Å². The molecule has 3 aromatic carbocycles. The molecule has 7 rings (SSSR count). The zero-order chi connectivity index (χ0) is 45.7. The number of alkyl carbamates (subject to hydrolysis) is 2. The molecule has 16 heteroatoms. The highest BCUT2D eigenvalue weighted by Crippen LogP contribution is 2.47. The molecule has 3 aliphatic rings. The number of rotatable bonds is 13. The van der Waals surface area contributed by atoms with Crippen molar-refractivity contribution in [3.63, 3.8) is 0 Å². The number of halogens is 1. The fourth-order valence-electron chi connectivity index (χ4n) is 9.36. The first-order chi connectivity index (χ1) is 30.8. The predicted molar refractivity (Wildman–Crippen MR) is 239 cm³/mol. The number of hydrogen-bond acceptors (Lipinski definition) is 9. The van der Waals surface area contributed by atoms with Crippen LogP contribution >= 0.6 is 0 Å². The van der Waals surface area contributed by atoms with Gasteiger partial charge in [0.2, 0.25) is 17.7 Å². The number of H-pyrrole nitrogens is 1. The second kappa shape index (κ2) is 19.9. The van der Waals surface area contributed by atoms with Crippen LogP contribution in [0, 0.1) is 17.7 Å². The fourth-order valence-corrected chi connectivity index (χ4v) is 9.36. The first-order valence-corrected chi connectivity index (χ1v) is 22.2. The van der Waals surface area contributed by atoms with Gasteiger partial charge in [-0.1, -0.05) is 64.1 Å². The molecule has 0 saturated carbocycles. The maximum absolute atomic E-state index is 14.2. The molecule has 0 aliphatic carbocycles. The van der Waals surface area contributed by atoms with Crippen molar-refractivity contribution < 1.29 is 37.8 Å². The van der Waals surface area contributed by atoms with Gasteiger partial charge in [0, 0.05) is 24.5 Å². The van der Waals surface area contributed by atoms with Crippen LogP contribution in [0.2, 0.25) is 0 Å². The summed E-state index contributed by atoms with van der Waals surface area (Å²) in [5.41, 5.74) is 5.39. The topological polar surface area (TPSA) is 178 Å². The second-order valence-electron chi connectivity index (χ2n) is 17.5. The second-order valence-corrected chi connectivity index (χ2v) is 17.5. The highest BCUT2D eigenvalue weighted by atomic mass is 19.1. The van der Waals surface area contributed by atoms with Crippen LogP contribution in [0.4, 0.5) is 25.4 Å². The molecular formula is C48H59FN8O7. The molecule has 340 valence electrons. The minimum Gasteiger partial charge on any atom is -0.453 e. The van der Waals surface area contributed by atoms with E-state index in [1.807, 2.05) is 52.0 Å². The van der Waals surface area contributed by atoms with Gasteiger partial charge in [-0.2, -0.15) is 0 Å². The quantitative estimate of drug-likeness (QED) is 0.105. The summed E-state index contributed by atoms with van der Waals surface area (Å²) in [5.74, 6) is -0.733. The van der Waals surface area contributed by atoms with Gasteiger partial charge in [-0.3, -0.25) is 14.4 Å². The van der Waals surface area contributed by atoms with E-state index in [0.29, 0.717) is 37.4 Å². The monoisotopic (exact) mass is 878 g/mol. The van der Waals surface area contributed by atoms with Crippen molar-refractivity contribution in [3.8, 4) is 11.3 Å². The zero-order valence-electron chi connectivity index (χ0n) is 37.3. The standard InChI is InChI=1S/C48H59FN8O7/c1-28(2)41(53-47(61)63-5)45(59)55-25-7-9-39(55)43-50-27-36(52-43)30-11-13-31(14-12-30)37-23-24-38(57(37)35-21-17-33(49)18-22-35)32-15-19-34(20-16-32)51-44(58)40-10-8-26-56(40)46(60)42(29(3)4)54-48(62)64-6/h11-22,27-29,37-42H,7-10,23-26H2,1-6H3,(H,50,52)(H,51,58)(H,53,61)(H,54,62)/t37-,38?,39+,40+,41+,42+/m1/s1. The number of carbonyl (C=O) groups is 5. The number of likely N-dealkylation sites (tertiary alicyclic amines) is 2. The van der Waals surface area contributed by atoms with E-state index in [-0.39, 0.29) is 53.5 Å². The van der Waals surface area contributed by atoms with Gasteiger partial charge in [0.05, 0.1) is 44.2 Å². The smallest absolute Gasteiger partial charge is 0.407 e. The minimum atomic E-state index is -0.821. The molecule has 0 bridgehead atoms. The molecule has 4 aromatic rings. The molecule has 1 unspecified atom stereocenters. The summed E-state index contributed by atoms with van der Waals surface area (Å²) >= 11 is 0. The molecule has 4 N–H and O–H groups in total. The van der Waals surface area contributed by atoms with E-state index in [4.69, 9.17) is 14.5 Å². The van der Waals surface area contributed by atoms with Crippen LogP contribution < -0.4 is 20.9 Å². The van der Waals surface area contributed by atoms with Gasteiger partial charge in [0.25, 0.3) is 0 Å². The van der Waals surface area contributed by atoms with Gasteiger partial charge < -0.3 is 45.1 Å². The van der Waals surface area contributed by atoms with Crippen LogP contribution in [0.1, 0.15) is 101 Å². The van der Waals surface area contributed by atoms with Crippen LogP contribution in [0.5, 0.6) is 0 Å². The maximum Gasteiger partial charge on any atom is 0.407 e. The van der Waals surface area contributed by atoms with Crippen molar-refractivity contribution in [1.82, 2.24) is 30.4 Å². The number of benzene rings is 3. The summed E-state index contributed by atoms with van der Waals surface area (Å²) in [5, 5.41) is 8.32. The molecule has 0 radical (unpaired) electrons. The van der Waals surface area contributed by atoms with E-state index in [2.05, 4.69) is 50.1 Å². The lowest BCUT2D eigenvalue weighted by Gasteiger charge is -2.33. The lowest BCUT2D eigenvalue weighted by atomic mass is 10.0. The maximum atomic E-state index is 14.2. The number of anilines is 2. The van der Waals surface area contributed by atoms with Crippen molar-refractivity contribution in [3.05, 3.63) is 102 Å². The third-order valence-corrected chi connectivity index (χ3v) is 12.7. The van der Waals surface area contributed by atoms with E-state index in [0.717, 1.165) is 53.8 Å². The summed E-state index contributed by atoms with van der Waals surface area (Å²) < 4.78 is 23.7. The highest BCUT2D eigenvalue weighted by Gasteiger charge is 2.40.